The molecule has 0 radical (unpaired) electrons. The molecule has 5 rings (SSSR count). The van der Waals surface area contributed by atoms with Crippen LogP contribution in [0.15, 0.2) is 37.3 Å². The molecule has 3 aliphatic rings. The number of Topliss-reactive ketones (excluding diaryl/α,β-unsaturated/α-hetero) is 2. The van der Waals surface area contributed by atoms with Crippen molar-refractivity contribution in [2.75, 3.05) is 6.54 Å². The molecule has 0 aromatic carbocycles. The van der Waals surface area contributed by atoms with Gasteiger partial charge in [-0.05, 0) is 75.5 Å². The zero-order chi connectivity index (χ0) is 39.7. The summed E-state index contributed by atoms with van der Waals surface area (Å²) in [6.45, 7) is 21.4. The molecule has 3 fully saturated rings. The molecule has 0 spiro atoms. The van der Waals surface area contributed by atoms with E-state index in [1.54, 1.807) is 38.2 Å². The summed E-state index contributed by atoms with van der Waals surface area (Å²) in [6.07, 6.45) is 2.88. The van der Waals surface area contributed by atoms with Gasteiger partial charge in [0.1, 0.15) is 29.4 Å². The Morgan fingerprint density at radius 1 is 1.02 bits per heavy atom. The lowest BCUT2D eigenvalue weighted by Crippen LogP contribution is -2.58. The van der Waals surface area contributed by atoms with Crippen molar-refractivity contribution in [2.24, 2.45) is 35.0 Å². The standard InChI is InChI=1S/C41H60N4O9/c1-11-30-41(12-2)34(45(39(50)54-41)19-14-13-18-44-22-43-29-16-15-17-42-36(29)44)26(6)31(46)24(4)21-40(9,10)35(27(7)33(48)28(8)37(49)52-30)53-38-32(47)23(3)20-25(5)51-38/h12,15-17,22-28,30,32,34-35,38,47H,2,11,13-14,18-21H2,1,3-10H3/t23-,24+,25+,26-,27-,28+,30+,32+,34+,35+,38-,41+/m0/s1. The third kappa shape index (κ3) is 8.00. The molecular weight excluding hydrogens is 692 g/mol. The third-order valence-corrected chi connectivity index (χ3v) is 12.1. The largest absolute Gasteiger partial charge is 0.457 e. The fourth-order valence-corrected chi connectivity index (χ4v) is 9.23. The summed E-state index contributed by atoms with van der Waals surface area (Å²) in [6, 6.07) is 2.90. The number of pyridine rings is 1. The van der Waals surface area contributed by atoms with Crippen molar-refractivity contribution >= 4 is 34.8 Å². The minimum absolute atomic E-state index is 0.0974. The highest BCUT2D eigenvalue weighted by molar-refractivity contribution is 6.00. The van der Waals surface area contributed by atoms with Crippen LogP contribution in [0.2, 0.25) is 0 Å². The van der Waals surface area contributed by atoms with E-state index in [1.807, 2.05) is 51.3 Å². The van der Waals surface area contributed by atoms with Crippen molar-refractivity contribution in [2.45, 2.75) is 143 Å². The third-order valence-electron chi connectivity index (χ3n) is 12.1. The van der Waals surface area contributed by atoms with E-state index in [-0.39, 0.29) is 30.8 Å². The lowest BCUT2D eigenvalue weighted by atomic mass is 9.69. The van der Waals surface area contributed by atoms with Gasteiger partial charge in [0.15, 0.2) is 23.3 Å². The molecule has 3 aliphatic heterocycles. The monoisotopic (exact) mass is 752 g/mol. The van der Waals surface area contributed by atoms with Crippen molar-refractivity contribution in [3.63, 3.8) is 0 Å². The molecule has 2 aromatic rings. The predicted molar refractivity (Wildman–Crippen MR) is 201 cm³/mol. The summed E-state index contributed by atoms with van der Waals surface area (Å²) in [4.78, 5) is 67.0. The Balaban J connectivity index is 1.47. The molecule has 54 heavy (non-hydrogen) atoms. The molecule has 12 atom stereocenters. The first-order chi connectivity index (χ1) is 25.5. The zero-order valence-electron chi connectivity index (χ0n) is 33.4. The van der Waals surface area contributed by atoms with E-state index in [4.69, 9.17) is 18.9 Å². The lowest BCUT2D eigenvalue weighted by Gasteiger charge is -2.45. The van der Waals surface area contributed by atoms with Gasteiger partial charge in [0.25, 0.3) is 0 Å². The molecule has 0 unspecified atom stereocenters. The number of aromatic nitrogens is 3. The number of nitrogens with zero attached hydrogens (tertiary/aromatic N) is 4. The van der Waals surface area contributed by atoms with Gasteiger partial charge in [-0.25, -0.2) is 14.8 Å². The van der Waals surface area contributed by atoms with E-state index < -0.39 is 83.2 Å². The minimum atomic E-state index is -1.55. The van der Waals surface area contributed by atoms with Crippen molar-refractivity contribution in [3.05, 3.63) is 37.3 Å². The number of esters is 1. The smallest absolute Gasteiger partial charge is 0.411 e. The Kier molecular flexibility index (Phi) is 12.7. The van der Waals surface area contributed by atoms with Crippen molar-refractivity contribution in [1.29, 1.82) is 0 Å². The zero-order valence-corrected chi connectivity index (χ0v) is 33.4. The lowest BCUT2D eigenvalue weighted by molar-refractivity contribution is -0.284. The van der Waals surface area contributed by atoms with Gasteiger partial charge >= 0.3 is 12.1 Å². The Morgan fingerprint density at radius 3 is 2.41 bits per heavy atom. The average Bonchev–Trinajstić information content (AvgIpc) is 3.68. The Labute approximate surface area is 319 Å². The van der Waals surface area contributed by atoms with E-state index in [9.17, 15) is 24.3 Å². The number of carbonyl (C=O) groups excluding carboxylic acids is 4. The molecule has 2 aromatic heterocycles. The van der Waals surface area contributed by atoms with Gasteiger partial charge in [-0.15, -0.1) is 0 Å². The normalized spacial score (nSPS) is 36.7. The maximum absolute atomic E-state index is 14.6. The van der Waals surface area contributed by atoms with E-state index in [2.05, 4.69) is 16.5 Å². The Hall–Kier alpha value is -3.68. The van der Waals surface area contributed by atoms with E-state index in [0.29, 0.717) is 32.2 Å². The van der Waals surface area contributed by atoms with Crippen LogP contribution in [0.4, 0.5) is 4.79 Å². The van der Waals surface area contributed by atoms with E-state index in [1.165, 1.54) is 13.0 Å². The molecule has 13 nitrogen and oxygen atoms in total. The summed E-state index contributed by atoms with van der Waals surface area (Å²) in [5.74, 6) is -4.69. The molecule has 0 saturated carbocycles. The van der Waals surface area contributed by atoms with Gasteiger partial charge in [-0.3, -0.25) is 19.3 Å². The van der Waals surface area contributed by atoms with E-state index >= 15 is 0 Å². The highest BCUT2D eigenvalue weighted by Crippen LogP contribution is 2.45. The molecule has 0 aliphatic carbocycles. The van der Waals surface area contributed by atoms with Crippen LogP contribution in [0.5, 0.6) is 0 Å². The molecule has 5 heterocycles. The van der Waals surface area contributed by atoms with Crippen LogP contribution in [0.1, 0.15) is 94.4 Å². The number of carbonyl (C=O) groups is 4. The summed E-state index contributed by atoms with van der Waals surface area (Å²) < 4.78 is 26.9. The number of ether oxygens (including phenoxy) is 4. The van der Waals surface area contributed by atoms with Crippen LogP contribution in [0.25, 0.3) is 11.2 Å². The first-order valence-electron chi connectivity index (χ1n) is 19.6. The van der Waals surface area contributed by atoms with Gasteiger partial charge in [0, 0.05) is 37.0 Å². The molecular formula is C41H60N4O9. The van der Waals surface area contributed by atoms with Crippen molar-refractivity contribution < 1.29 is 43.2 Å². The Bertz CT molecular complexity index is 1690. The van der Waals surface area contributed by atoms with Crippen LogP contribution in [-0.4, -0.2) is 97.1 Å². The van der Waals surface area contributed by atoms with Crippen molar-refractivity contribution in [1.82, 2.24) is 19.4 Å². The summed E-state index contributed by atoms with van der Waals surface area (Å²) in [5.41, 5.74) is -0.782. The molecule has 1 N–H and O–H groups in total. The molecule has 0 bridgehead atoms. The first-order valence-corrected chi connectivity index (χ1v) is 19.6. The minimum Gasteiger partial charge on any atom is -0.457 e. The summed E-state index contributed by atoms with van der Waals surface area (Å²) in [7, 11) is 0. The fraction of sp³-hybridized carbons (Fsp3) is 0.707. The van der Waals surface area contributed by atoms with Gasteiger partial charge in [0.05, 0.1) is 24.6 Å². The number of aliphatic hydroxyl groups excluding tert-OH is 1. The van der Waals surface area contributed by atoms with Crippen molar-refractivity contribution in [3.8, 4) is 0 Å². The van der Waals surface area contributed by atoms with Crippen LogP contribution < -0.4 is 0 Å². The van der Waals surface area contributed by atoms with Crippen LogP contribution >= 0.6 is 0 Å². The van der Waals surface area contributed by atoms with Gasteiger partial charge in [0.2, 0.25) is 0 Å². The van der Waals surface area contributed by atoms with Gasteiger partial charge in [-0.2, -0.15) is 0 Å². The van der Waals surface area contributed by atoms with E-state index in [0.717, 1.165) is 11.2 Å². The number of rotatable bonds is 9. The Morgan fingerprint density at radius 2 is 1.72 bits per heavy atom. The quantitative estimate of drug-likeness (QED) is 0.141. The molecule has 298 valence electrons. The highest BCUT2D eigenvalue weighted by Gasteiger charge is 2.61. The first kappa shape index (κ1) is 41.5. The number of imidazole rings is 1. The topological polar surface area (TPSA) is 159 Å². The average molecular weight is 753 g/mol. The van der Waals surface area contributed by atoms with Gasteiger partial charge < -0.3 is 28.6 Å². The number of hydrogen-bond donors (Lipinski definition) is 1. The number of fused-ring (bicyclic) bond motifs is 2. The SMILES string of the molecule is C=C[C@]12OC(=O)N(CCCCn3cnc4cccnc43)[C@@H]1[C@@H](C)C(=O)[C@H](C)CC(C)(C)[C@H](O[C@@H]1O[C@H](C)C[C@H](C)[C@H]1O)[C@@H](C)C(=O)[C@@H](C)C(=O)O[C@@H]2CC. The number of hydrogen-bond acceptors (Lipinski definition) is 11. The van der Waals surface area contributed by atoms with Crippen LogP contribution in [0, 0.1) is 35.0 Å². The maximum Gasteiger partial charge on any atom is 0.411 e. The number of aryl methyl sites for hydroxylation is 1. The number of cyclic esters (lactones) is 1. The highest BCUT2D eigenvalue weighted by atomic mass is 16.7. The number of unbranched alkanes of at least 4 members (excludes halogenated alkanes) is 1. The maximum atomic E-state index is 14.6. The second-order valence-corrected chi connectivity index (χ2v) is 16.7. The van der Waals surface area contributed by atoms with Crippen LogP contribution in [0.3, 0.4) is 0 Å². The molecule has 13 heteroatoms. The molecule has 1 amide bonds. The summed E-state index contributed by atoms with van der Waals surface area (Å²) in [5, 5.41) is 11.1. The van der Waals surface area contributed by atoms with Gasteiger partial charge in [-0.1, -0.05) is 55.0 Å². The number of aliphatic hydroxyl groups is 1. The second kappa shape index (κ2) is 16.6. The number of amides is 1. The fourth-order valence-electron chi connectivity index (χ4n) is 9.23. The number of ketones is 2. The van der Waals surface area contributed by atoms with Crippen LogP contribution in [-0.2, 0) is 39.9 Å². The summed E-state index contributed by atoms with van der Waals surface area (Å²) >= 11 is 0. The molecule has 3 saturated heterocycles. The second-order valence-electron chi connectivity index (χ2n) is 16.7. The predicted octanol–water partition coefficient (Wildman–Crippen LogP) is 5.91.